The van der Waals surface area contributed by atoms with Crippen molar-refractivity contribution in [3.05, 3.63) is 33.3 Å². The third-order valence-electron chi connectivity index (χ3n) is 2.96. The molecule has 2 aromatic rings. The van der Waals surface area contributed by atoms with Crippen molar-refractivity contribution in [2.45, 2.75) is 17.2 Å². The van der Waals surface area contributed by atoms with Crippen molar-refractivity contribution >= 4 is 38.4 Å². The van der Waals surface area contributed by atoms with Gasteiger partial charge in [0.05, 0.1) is 0 Å². The number of sulfonamides is 1. The highest BCUT2D eigenvalue weighted by atomic mass is 32.2. The van der Waals surface area contributed by atoms with Gasteiger partial charge in [-0.05, 0) is 29.5 Å². The van der Waals surface area contributed by atoms with Crippen LogP contribution >= 0.6 is 22.7 Å². The average Bonchev–Trinajstić information content (AvgIpc) is 2.96. The van der Waals surface area contributed by atoms with Crippen LogP contribution in [0.4, 0.5) is 5.69 Å². The summed E-state index contributed by atoms with van der Waals surface area (Å²) in [6, 6.07) is 3.54. The second-order valence-electron chi connectivity index (χ2n) is 4.16. The minimum Gasteiger partial charge on any atom is -0.398 e. The number of fused-ring (bicyclic) bond motifs is 1. The van der Waals surface area contributed by atoms with Crippen LogP contribution in [-0.2, 0) is 23.0 Å². The molecule has 4 nitrogen and oxygen atoms in total. The average molecular weight is 300 g/mol. The maximum atomic E-state index is 12.4. The van der Waals surface area contributed by atoms with Crippen molar-refractivity contribution in [2.75, 3.05) is 12.3 Å². The van der Waals surface area contributed by atoms with E-state index in [-0.39, 0.29) is 0 Å². The number of anilines is 1. The van der Waals surface area contributed by atoms with Crippen molar-refractivity contribution in [3.63, 3.8) is 0 Å². The molecule has 18 heavy (non-hydrogen) atoms. The van der Waals surface area contributed by atoms with Gasteiger partial charge in [-0.1, -0.05) is 0 Å². The van der Waals surface area contributed by atoms with E-state index in [4.69, 9.17) is 5.73 Å². The first-order chi connectivity index (χ1) is 8.57. The molecule has 0 fully saturated rings. The van der Waals surface area contributed by atoms with E-state index in [0.717, 1.165) is 12.0 Å². The topological polar surface area (TPSA) is 63.4 Å². The van der Waals surface area contributed by atoms with E-state index in [1.807, 2.05) is 11.4 Å². The highest BCUT2D eigenvalue weighted by Gasteiger charge is 2.29. The molecule has 0 aromatic carbocycles. The van der Waals surface area contributed by atoms with Crippen LogP contribution in [0.3, 0.4) is 0 Å². The summed E-state index contributed by atoms with van der Waals surface area (Å²) in [6.07, 6.45) is 0.799. The monoisotopic (exact) mass is 300 g/mol. The molecule has 0 saturated carbocycles. The normalized spacial score (nSPS) is 16.7. The molecule has 0 aliphatic carbocycles. The maximum absolute atomic E-state index is 12.4. The van der Waals surface area contributed by atoms with Gasteiger partial charge in [0.1, 0.15) is 4.21 Å². The van der Waals surface area contributed by atoms with Gasteiger partial charge < -0.3 is 5.73 Å². The molecule has 1 aliphatic heterocycles. The summed E-state index contributed by atoms with van der Waals surface area (Å²) in [5, 5.41) is 3.68. The minimum atomic E-state index is -3.39. The van der Waals surface area contributed by atoms with E-state index in [0.29, 0.717) is 23.0 Å². The van der Waals surface area contributed by atoms with E-state index in [9.17, 15) is 8.42 Å². The molecule has 1 aliphatic rings. The fraction of sp³-hybridized carbons (Fsp3) is 0.273. The van der Waals surface area contributed by atoms with Crippen LogP contribution in [0.2, 0.25) is 0 Å². The van der Waals surface area contributed by atoms with Crippen LogP contribution in [0, 0.1) is 0 Å². The predicted molar refractivity (Wildman–Crippen MR) is 74.4 cm³/mol. The summed E-state index contributed by atoms with van der Waals surface area (Å²) in [5.74, 6) is 0. The molecule has 0 radical (unpaired) electrons. The van der Waals surface area contributed by atoms with Crippen LogP contribution in [0.1, 0.15) is 10.4 Å². The Morgan fingerprint density at radius 1 is 1.33 bits per heavy atom. The number of hydrogen-bond donors (Lipinski definition) is 1. The summed E-state index contributed by atoms with van der Waals surface area (Å²) in [4.78, 5) is 1.30. The largest absolute Gasteiger partial charge is 0.398 e. The van der Waals surface area contributed by atoms with Crippen LogP contribution in [0.5, 0.6) is 0 Å². The summed E-state index contributed by atoms with van der Waals surface area (Å²) < 4.78 is 26.7. The Morgan fingerprint density at radius 3 is 2.89 bits per heavy atom. The third-order valence-corrected chi connectivity index (χ3v) is 7.26. The van der Waals surface area contributed by atoms with Crippen molar-refractivity contribution in [2.24, 2.45) is 0 Å². The fourth-order valence-electron chi connectivity index (χ4n) is 2.02. The number of thiophene rings is 2. The Labute approximate surface area is 114 Å². The lowest BCUT2D eigenvalue weighted by Crippen LogP contribution is -2.34. The Balaban J connectivity index is 1.92. The third kappa shape index (κ3) is 1.97. The predicted octanol–water partition coefficient (Wildman–Crippen LogP) is 2.14. The van der Waals surface area contributed by atoms with Gasteiger partial charge in [-0.15, -0.1) is 22.7 Å². The molecule has 3 rings (SSSR count). The molecule has 7 heteroatoms. The molecule has 0 unspecified atom stereocenters. The molecule has 0 amide bonds. The Kier molecular flexibility index (Phi) is 2.93. The first kappa shape index (κ1) is 12.2. The van der Waals surface area contributed by atoms with Crippen LogP contribution in [0.25, 0.3) is 0 Å². The Bertz CT molecular complexity index is 672. The molecular formula is C11H12N2O2S3. The van der Waals surface area contributed by atoms with Crippen LogP contribution in [-0.4, -0.2) is 19.3 Å². The van der Waals surface area contributed by atoms with E-state index in [1.54, 1.807) is 16.7 Å². The summed E-state index contributed by atoms with van der Waals surface area (Å²) in [5.41, 5.74) is 7.22. The highest BCUT2D eigenvalue weighted by Crippen LogP contribution is 2.30. The summed E-state index contributed by atoms with van der Waals surface area (Å²) >= 11 is 2.88. The molecule has 0 spiro atoms. The van der Waals surface area contributed by atoms with Crippen molar-refractivity contribution < 1.29 is 8.42 Å². The number of rotatable bonds is 2. The van der Waals surface area contributed by atoms with E-state index in [2.05, 4.69) is 0 Å². The van der Waals surface area contributed by atoms with Crippen LogP contribution in [0.15, 0.2) is 27.1 Å². The molecule has 0 bridgehead atoms. The summed E-state index contributed by atoms with van der Waals surface area (Å²) in [7, 11) is -3.39. The lowest BCUT2D eigenvalue weighted by molar-refractivity contribution is 0.395. The molecule has 96 valence electrons. The SMILES string of the molecule is Nc1csc(S(=O)(=O)N2CCc3sccc3C2)c1. The fourth-order valence-corrected chi connectivity index (χ4v) is 5.56. The second kappa shape index (κ2) is 4.34. The Morgan fingerprint density at radius 2 is 2.17 bits per heavy atom. The van der Waals surface area contributed by atoms with Gasteiger partial charge in [0, 0.05) is 29.0 Å². The molecule has 0 atom stereocenters. The molecule has 2 aromatic heterocycles. The van der Waals surface area contributed by atoms with E-state index >= 15 is 0 Å². The first-order valence-corrected chi connectivity index (χ1v) is 8.67. The van der Waals surface area contributed by atoms with Gasteiger partial charge in [-0.2, -0.15) is 4.31 Å². The second-order valence-corrected chi connectivity index (χ2v) is 8.23. The summed E-state index contributed by atoms with van der Waals surface area (Å²) in [6.45, 7) is 1.02. The minimum absolute atomic E-state index is 0.332. The van der Waals surface area contributed by atoms with Gasteiger partial charge in [0.2, 0.25) is 0 Å². The Hall–Kier alpha value is -0.890. The lowest BCUT2D eigenvalue weighted by Gasteiger charge is -2.25. The highest BCUT2D eigenvalue weighted by molar-refractivity contribution is 7.91. The quantitative estimate of drug-likeness (QED) is 0.924. The maximum Gasteiger partial charge on any atom is 0.252 e. The van der Waals surface area contributed by atoms with Gasteiger partial charge in [-0.3, -0.25) is 0 Å². The van der Waals surface area contributed by atoms with Crippen molar-refractivity contribution in [1.29, 1.82) is 0 Å². The number of nitrogens with zero attached hydrogens (tertiary/aromatic N) is 1. The molecule has 3 heterocycles. The molecule has 2 N–H and O–H groups in total. The number of nitrogen functional groups attached to an aromatic ring is 1. The van der Waals surface area contributed by atoms with Gasteiger partial charge in [0.15, 0.2) is 0 Å². The van der Waals surface area contributed by atoms with E-state index < -0.39 is 10.0 Å². The molecule has 0 saturated heterocycles. The van der Waals surface area contributed by atoms with Gasteiger partial charge in [-0.25, -0.2) is 8.42 Å². The van der Waals surface area contributed by atoms with Crippen molar-refractivity contribution in [3.8, 4) is 0 Å². The van der Waals surface area contributed by atoms with Gasteiger partial charge >= 0.3 is 0 Å². The number of hydrogen-bond acceptors (Lipinski definition) is 5. The number of nitrogens with two attached hydrogens (primary N) is 1. The lowest BCUT2D eigenvalue weighted by atomic mass is 10.1. The van der Waals surface area contributed by atoms with Crippen LogP contribution < -0.4 is 5.73 Å². The van der Waals surface area contributed by atoms with Gasteiger partial charge in [0.25, 0.3) is 10.0 Å². The zero-order chi connectivity index (χ0) is 12.8. The zero-order valence-electron chi connectivity index (χ0n) is 9.50. The standard InChI is InChI=1S/C11H12N2O2S3/c12-9-5-11(17-7-9)18(14,15)13-3-1-10-8(6-13)2-4-16-10/h2,4-5,7H,1,3,6,12H2. The molecular weight excluding hydrogens is 288 g/mol. The van der Waals surface area contributed by atoms with Crippen molar-refractivity contribution in [1.82, 2.24) is 4.31 Å². The smallest absolute Gasteiger partial charge is 0.252 e. The van der Waals surface area contributed by atoms with E-state index in [1.165, 1.54) is 26.6 Å². The zero-order valence-corrected chi connectivity index (χ0v) is 11.9. The first-order valence-electron chi connectivity index (χ1n) is 5.47.